The van der Waals surface area contributed by atoms with Gasteiger partial charge in [0, 0.05) is 12.1 Å². The summed E-state index contributed by atoms with van der Waals surface area (Å²) in [6.07, 6.45) is 6.19. The lowest BCUT2D eigenvalue weighted by Crippen LogP contribution is -2.54. The lowest BCUT2D eigenvalue weighted by atomic mass is 9.89. The highest BCUT2D eigenvalue weighted by Gasteiger charge is 2.36. The van der Waals surface area contributed by atoms with Crippen molar-refractivity contribution in [3.63, 3.8) is 0 Å². The molecule has 1 aromatic rings. The standard InChI is InChI=1S/C20H29NO3/c1-20(2,23)11-10-15-6-5-7-16(14-15)19(22)21-12-13-24-18-9-4-3-8-17(18)21/h5-7,14,17-18,23H,3-4,8-13H2,1-2H3. The molecular formula is C20H29NO3. The monoisotopic (exact) mass is 331 g/mol. The highest BCUT2D eigenvalue weighted by Crippen LogP contribution is 2.29. The van der Waals surface area contributed by atoms with Crippen LogP contribution < -0.4 is 0 Å². The molecule has 2 atom stereocenters. The van der Waals surface area contributed by atoms with Crippen LogP contribution in [0.3, 0.4) is 0 Å². The minimum Gasteiger partial charge on any atom is -0.390 e. The number of amides is 1. The minimum absolute atomic E-state index is 0.125. The molecule has 1 saturated carbocycles. The third-order valence-corrected chi connectivity index (χ3v) is 5.19. The topological polar surface area (TPSA) is 49.8 Å². The highest BCUT2D eigenvalue weighted by atomic mass is 16.5. The number of ether oxygens (including phenoxy) is 1. The van der Waals surface area contributed by atoms with Gasteiger partial charge in [-0.05, 0) is 57.2 Å². The normalized spacial score (nSPS) is 24.5. The van der Waals surface area contributed by atoms with Crippen LogP contribution in [0.25, 0.3) is 0 Å². The van der Waals surface area contributed by atoms with Gasteiger partial charge in [0.2, 0.25) is 0 Å². The molecule has 1 aliphatic carbocycles. The van der Waals surface area contributed by atoms with Gasteiger partial charge in [0.05, 0.1) is 24.4 Å². The molecule has 1 aliphatic heterocycles. The lowest BCUT2D eigenvalue weighted by Gasteiger charge is -2.43. The van der Waals surface area contributed by atoms with Crippen molar-refractivity contribution < 1.29 is 14.6 Å². The van der Waals surface area contributed by atoms with Gasteiger partial charge in [-0.2, -0.15) is 0 Å². The third-order valence-electron chi connectivity index (χ3n) is 5.19. The first kappa shape index (κ1) is 17.4. The first-order valence-electron chi connectivity index (χ1n) is 9.18. The predicted molar refractivity (Wildman–Crippen MR) is 94.1 cm³/mol. The average Bonchev–Trinajstić information content (AvgIpc) is 2.58. The van der Waals surface area contributed by atoms with Crippen LogP contribution in [0.5, 0.6) is 0 Å². The molecule has 2 fully saturated rings. The van der Waals surface area contributed by atoms with E-state index < -0.39 is 5.60 Å². The van der Waals surface area contributed by atoms with Gasteiger partial charge in [0.15, 0.2) is 0 Å². The van der Waals surface area contributed by atoms with E-state index in [1.54, 1.807) is 0 Å². The summed E-state index contributed by atoms with van der Waals surface area (Å²) in [5.74, 6) is 0.125. The van der Waals surface area contributed by atoms with Gasteiger partial charge in [-0.25, -0.2) is 0 Å². The van der Waals surface area contributed by atoms with Crippen LogP contribution >= 0.6 is 0 Å². The van der Waals surface area contributed by atoms with Crippen molar-refractivity contribution in [2.75, 3.05) is 13.2 Å². The number of hydrogen-bond donors (Lipinski definition) is 1. The van der Waals surface area contributed by atoms with Crippen molar-refractivity contribution in [3.8, 4) is 0 Å². The summed E-state index contributed by atoms with van der Waals surface area (Å²) >= 11 is 0. The zero-order chi connectivity index (χ0) is 17.2. The van der Waals surface area contributed by atoms with Crippen molar-refractivity contribution in [1.82, 2.24) is 4.90 Å². The molecule has 24 heavy (non-hydrogen) atoms. The van der Waals surface area contributed by atoms with Crippen LogP contribution in [0, 0.1) is 0 Å². The molecule has 1 aromatic carbocycles. The Labute approximate surface area is 144 Å². The number of rotatable bonds is 4. The maximum absolute atomic E-state index is 13.0. The maximum atomic E-state index is 13.0. The van der Waals surface area contributed by atoms with E-state index in [2.05, 4.69) is 0 Å². The molecule has 1 heterocycles. The van der Waals surface area contributed by atoms with Gasteiger partial charge in [-0.3, -0.25) is 4.79 Å². The van der Waals surface area contributed by atoms with E-state index in [0.29, 0.717) is 19.6 Å². The Balaban J connectivity index is 1.72. The number of fused-ring (bicyclic) bond motifs is 1. The van der Waals surface area contributed by atoms with E-state index in [0.717, 1.165) is 30.4 Å². The second-order valence-electron chi connectivity index (χ2n) is 7.77. The molecule has 132 valence electrons. The highest BCUT2D eigenvalue weighted by molar-refractivity contribution is 5.94. The molecule has 0 spiro atoms. The van der Waals surface area contributed by atoms with E-state index >= 15 is 0 Å². The molecule has 0 bridgehead atoms. The Morgan fingerprint density at radius 2 is 2.12 bits per heavy atom. The summed E-state index contributed by atoms with van der Waals surface area (Å²) in [6, 6.07) is 8.11. The fourth-order valence-electron chi connectivity index (χ4n) is 3.82. The predicted octanol–water partition coefficient (Wildman–Crippen LogP) is 3.17. The molecular weight excluding hydrogens is 302 g/mol. The molecule has 0 aromatic heterocycles. The number of morpholine rings is 1. The number of aliphatic hydroxyl groups is 1. The van der Waals surface area contributed by atoms with Crippen LogP contribution in [0.2, 0.25) is 0 Å². The Morgan fingerprint density at radius 3 is 2.92 bits per heavy atom. The summed E-state index contributed by atoms with van der Waals surface area (Å²) in [7, 11) is 0. The maximum Gasteiger partial charge on any atom is 0.254 e. The summed E-state index contributed by atoms with van der Waals surface area (Å²) in [4.78, 5) is 15.1. The second-order valence-corrected chi connectivity index (χ2v) is 7.77. The second kappa shape index (κ2) is 7.24. The number of benzene rings is 1. The lowest BCUT2D eigenvalue weighted by molar-refractivity contribution is -0.0752. The van der Waals surface area contributed by atoms with Gasteiger partial charge in [-0.1, -0.05) is 25.0 Å². The minimum atomic E-state index is -0.681. The largest absolute Gasteiger partial charge is 0.390 e. The number of carbonyl (C=O) groups excluding carboxylic acids is 1. The third kappa shape index (κ3) is 4.17. The summed E-state index contributed by atoms with van der Waals surface area (Å²) in [5.41, 5.74) is 1.19. The fourth-order valence-corrected chi connectivity index (χ4v) is 3.82. The van der Waals surface area contributed by atoms with Crippen LogP contribution in [0.4, 0.5) is 0 Å². The SMILES string of the molecule is CC(C)(O)CCc1cccc(C(=O)N2CCOC3CCCCC32)c1. The quantitative estimate of drug-likeness (QED) is 0.922. The number of hydrogen-bond acceptors (Lipinski definition) is 3. The number of aryl methyl sites for hydroxylation is 1. The fraction of sp³-hybridized carbons (Fsp3) is 0.650. The van der Waals surface area contributed by atoms with Crippen molar-refractivity contribution in [1.29, 1.82) is 0 Å². The molecule has 1 amide bonds. The first-order valence-corrected chi connectivity index (χ1v) is 9.18. The van der Waals surface area contributed by atoms with Crippen molar-refractivity contribution >= 4 is 5.91 Å². The van der Waals surface area contributed by atoms with Crippen LogP contribution in [0.15, 0.2) is 24.3 Å². The van der Waals surface area contributed by atoms with Gasteiger partial charge in [-0.15, -0.1) is 0 Å². The molecule has 4 nitrogen and oxygen atoms in total. The Kier molecular flexibility index (Phi) is 5.26. The van der Waals surface area contributed by atoms with Crippen molar-refractivity contribution in [3.05, 3.63) is 35.4 Å². The average molecular weight is 331 g/mol. The Bertz CT molecular complexity index is 576. The Morgan fingerprint density at radius 1 is 1.33 bits per heavy atom. The molecule has 3 rings (SSSR count). The van der Waals surface area contributed by atoms with Gasteiger partial charge in [0.1, 0.15) is 0 Å². The summed E-state index contributed by atoms with van der Waals surface area (Å²) in [5, 5.41) is 9.90. The molecule has 2 unspecified atom stereocenters. The number of carbonyl (C=O) groups is 1. The number of nitrogens with zero attached hydrogens (tertiary/aromatic N) is 1. The van der Waals surface area contributed by atoms with E-state index in [9.17, 15) is 9.90 Å². The molecule has 4 heteroatoms. The van der Waals surface area contributed by atoms with Gasteiger partial charge in [0.25, 0.3) is 5.91 Å². The summed E-state index contributed by atoms with van der Waals surface area (Å²) < 4.78 is 5.88. The smallest absolute Gasteiger partial charge is 0.254 e. The summed E-state index contributed by atoms with van der Waals surface area (Å²) in [6.45, 7) is 4.97. The van der Waals surface area contributed by atoms with Gasteiger partial charge >= 0.3 is 0 Å². The van der Waals surface area contributed by atoms with E-state index in [-0.39, 0.29) is 18.1 Å². The van der Waals surface area contributed by atoms with E-state index in [4.69, 9.17) is 4.74 Å². The van der Waals surface area contributed by atoms with Crippen LogP contribution in [-0.4, -0.2) is 46.8 Å². The molecule has 1 N–H and O–H groups in total. The Hall–Kier alpha value is -1.39. The van der Waals surface area contributed by atoms with E-state index in [1.165, 1.54) is 12.8 Å². The molecule has 0 radical (unpaired) electrons. The van der Waals surface area contributed by atoms with Crippen LogP contribution in [-0.2, 0) is 11.2 Å². The first-order chi connectivity index (χ1) is 11.4. The van der Waals surface area contributed by atoms with Gasteiger partial charge < -0.3 is 14.7 Å². The van der Waals surface area contributed by atoms with Crippen LogP contribution in [0.1, 0.15) is 61.9 Å². The zero-order valence-corrected chi connectivity index (χ0v) is 14.8. The molecule has 2 aliphatic rings. The van der Waals surface area contributed by atoms with Crippen molar-refractivity contribution in [2.45, 2.75) is 70.1 Å². The molecule has 1 saturated heterocycles. The van der Waals surface area contributed by atoms with E-state index in [1.807, 2.05) is 43.0 Å². The zero-order valence-electron chi connectivity index (χ0n) is 14.8. The van der Waals surface area contributed by atoms with Crippen molar-refractivity contribution in [2.24, 2.45) is 0 Å².